The smallest absolute Gasteiger partial charge is 0.417 e. The Bertz CT molecular complexity index is 2030. The number of pyridine rings is 2. The van der Waals surface area contributed by atoms with E-state index in [2.05, 4.69) is 9.97 Å². The standard InChI is InChI=1S/C20H23F3N2O2.C20H21F3N2O2.CH3.Pd/c2*1-19(2,3)27-18(26)25-11-8-13(9-12-25)14-6-7-16(20(21,22)23)15-5-4-10-24-17(14)15;;/h4-7,10,13H,8-9,11-12H2,1-3H3;4-8,10H,9,11-12H2,1-3H3;1H3;/q;;-1;. The number of fused-ring (bicyclic) bond motifs is 2. The van der Waals surface area contributed by atoms with Crippen molar-refractivity contribution in [1.29, 1.82) is 0 Å². The topological polar surface area (TPSA) is 84.9 Å². The summed E-state index contributed by atoms with van der Waals surface area (Å²) in [6.07, 6.45) is -2.89. The maximum atomic E-state index is 13.3. The van der Waals surface area contributed by atoms with Gasteiger partial charge in [-0.15, -0.1) is 0 Å². The van der Waals surface area contributed by atoms with Crippen LogP contribution in [-0.4, -0.2) is 69.3 Å². The summed E-state index contributed by atoms with van der Waals surface area (Å²) in [5.74, 6) is 0.0587. The number of benzene rings is 2. The minimum Gasteiger partial charge on any atom is -0.444 e. The number of alkyl halides is 6. The van der Waals surface area contributed by atoms with E-state index in [9.17, 15) is 35.9 Å². The van der Waals surface area contributed by atoms with Gasteiger partial charge in [0.1, 0.15) is 11.2 Å². The van der Waals surface area contributed by atoms with Crippen LogP contribution in [0.25, 0.3) is 27.4 Å². The Balaban J connectivity index is 0.000000290. The second-order valence-electron chi connectivity index (χ2n) is 15.3. The number of carbonyl (C=O) groups is 2. The number of piperidine rings is 1. The monoisotopic (exact) mass is 879 g/mol. The molecule has 15 heteroatoms. The quantitative estimate of drug-likeness (QED) is 0.113. The van der Waals surface area contributed by atoms with Gasteiger partial charge < -0.3 is 26.7 Å². The van der Waals surface area contributed by atoms with Crippen molar-refractivity contribution in [3.8, 4) is 0 Å². The fourth-order valence-corrected chi connectivity index (χ4v) is 6.56. The Kier molecular flexibility index (Phi) is 14.8. The first-order valence-electron chi connectivity index (χ1n) is 17.7. The van der Waals surface area contributed by atoms with Crippen molar-refractivity contribution in [2.45, 2.75) is 90.3 Å². The van der Waals surface area contributed by atoms with Crippen LogP contribution in [0.15, 0.2) is 67.0 Å². The third kappa shape index (κ3) is 11.4. The van der Waals surface area contributed by atoms with Gasteiger partial charge >= 0.3 is 24.5 Å². The van der Waals surface area contributed by atoms with Crippen molar-refractivity contribution in [2.75, 3.05) is 26.2 Å². The van der Waals surface area contributed by atoms with Crippen molar-refractivity contribution >= 4 is 39.6 Å². The fourth-order valence-electron chi connectivity index (χ4n) is 6.56. The number of hydrogen-bond acceptors (Lipinski definition) is 6. The molecule has 2 aliphatic rings. The third-order valence-electron chi connectivity index (χ3n) is 8.97. The normalized spacial score (nSPS) is 15.5. The van der Waals surface area contributed by atoms with Crippen molar-refractivity contribution in [3.63, 3.8) is 0 Å². The first-order chi connectivity index (χ1) is 25.1. The predicted molar refractivity (Wildman–Crippen MR) is 200 cm³/mol. The molecule has 308 valence electrons. The van der Waals surface area contributed by atoms with Gasteiger partial charge in [-0.2, -0.15) is 26.3 Å². The Morgan fingerprint density at radius 3 is 1.64 bits per heavy atom. The summed E-state index contributed by atoms with van der Waals surface area (Å²) in [6, 6.07) is 11.2. The molecule has 1 fully saturated rings. The van der Waals surface area contributed by atoms with Crippen LogP contribution >= 0.6 is 0 Å². The summed E-state index contributed by atoms with van der Waals surface area (Å²) in [5.41, 5.74) is 0.585. The molecule has 0 bridgehead atoms. The molecule has 2 aliphatic heterocycles. The average molecular weight is 880 g/mol. The van der Waals surface area contributed by atoms with Crippen LogP contribution in [0.3, 0.4) is 0 Å². The van der Waals surface area contributed by atoms with E-state index in [1.165, 1.54) is 48.8 Å². The molecule has 2 amide bonds. The number of carbonyl (C=O) groups excluding carboxylic acids is 2. The summed E-state index contributed by atoms with van der Waals surface area (Å²) >= 11 is 0. The maximum absolute atomic E-state index is 13.3. The van der Waals surface area contributed by atoms with E-state index < -0.39 is 40.8 Å². The molecule has 0 atom stereocenters. The van der Waals surface area contributed by atoms with E-state index in [-0.39, 0.29) is 50.6 Å². The Morgan fingerprint density at radius 1 is 0.679 bits per heavy atom. The minimum absolute atomic E-state index is 0. The number of nitrogens with zero attached hydrogens (tertiary/aromatic N) is 4. The van der Waals surface area contributed by atoms with Crippen LogP contribution in [0, 0.1) is 7.43 Å². The molecule has 6 rings (SSSR count). The SMILES string of the molecule is CC(C)(C)OC(=O)N1CC=C(c2ccc(C(F)(F)F)c3cccnc23)CC1.CC(C)(C)OC(=O)N1CCC(c2ccc(C(F)(F)F)c3cccnc23)CC1.[CH3-].[Pd]. The number of ether oxygens (including phenoxy) is 2. The summed E-state index contributed by atoms with van der Waals surface area (Å²) in [5, 5.41) is 0.204. The average Bonchev–Trinajstić information content (AvgIpc) is 3.09. The largest absolute Gasteiger partial charge is 0.444 e. The van der Waals surface area contributed by atoms with E-state index >= 15 is 0 Å². The number of rotatable bonds is 2. The molecule has 0 saturated carbocycles. The van der Waals surface area contributed by atoms with Crippen LogP contribution in [0.4, 0.5) is 35.9 Å². The van der Waals surface area contributed by atoms with Crippen molar-refractivity contribution in [2.24, 2.45) is 0 Å². The van der Waals surface area contributed by atoms with Crippen molar-refractivity contribution in [1.82, 2.24) is 19.8 Å². The van der Waals surface area contributed by atoms with Crippen molar-refractivity contribution < 1.29 is 65.8 Å². The zero-order valence-corrected chi connectivity index (χ0v) is 33.9. The zero-order chi connectivity index (χ0) is 39.6. The molecular weight excluding hydrogens is 833 g/mol. The number of aromatic nitrogens is 2. The molecule has 4 heterocycles. The first-order valence-corrected chi connectivity index (χ1v) is 17.7. The molecule has 0 aliphatic carbocycles. The number of hydrogen-bond donors (Lipinski definition) is 0. The first kappa shape index (κ1) is 46.2. The van der Waals surface area contributed by atoms with Crippen LogP contribution in [-0.2, 0) is 42.2 Å². The maximum Gasteiger partial charge on any atom is 0.417 e. The summed E-state index contributed by atoms with van der Waals surface area (Å²) in [4.78, 5) is 36.0. The third-order valence-corrected chi connectivity index (χ3v) is 8.97. The Labute approximate surface area is 337 Å². The predicted octanol–water partition coefficient (Wildman–Crippen LogP) is 11.1. The second kappa shape index (κ2) is 17.9. The van der Waals surface area contributed by atoms with Crippen LogP contribution < -0.4 is 0 Å². The van der Waals surface area contributed by atoms with Crippen LogP contribution in [0.2, 0.25) is 0 Å². The van der Waals surface area contributed by atoms with Gasteiger partial charge in [-0.1, -0.05) is 30.3 Å². The summed E-state index contributed by atoms with van der Waals surface area (Å²) in [7, 11) is 0. The van der Waals surface area contributed by atoms with E-state index in [1.54, 1.807) is 30.6 Å². The Hall–Kier alpha value is -4.22. The molecule has 2 aromatic carbocycles. The van der Waals surface area contributed by atoms with Gasteiger partial charge in [0.05, 0.1) is 22.2 Å². The fraction of sp³-hybridized carbons (Fsp3) is 0.439. The molecule has 56 heavy (non-hydrogen) atoms. The number of likely N-dealkylation sites (tertiary alicyclic amines) is 1. The minimum atomic E-state index is -4.44. The van der Waals surface area contributed by atoms with E-state index in [4.69, 9.17) is 9.47 Å². The van der Waals surface area contributed by atoms with E-state index in [0.29, 0.717) is 62.0 Å². The molecule has 1 saturated heterocycles. The summed E-state index contributed by atoms with van der Waals surface area (Å²) in [6.45, 7) is 12.7. The zero-order valence-electron chi connectivity index (χ0n) is 32.4. The molecular formula is C41H47F6N4O4Pd-. The van der Waals surface area contributed by atoms with Gasteiger partial charge in [0.25, 0.3) is 0 Å². The van der Waals surface area contributed by atoms with Gasteiger partial charge in [0.2, 0.25) is 0 Å². The van der Waals surface area contributed by atoms with Gasteiger partial charge in [-0.05, 0) is 102 Å². The van der Waals surface area contributed by atoms with Crippen LogP contribution in [0.1, 0.15) is 89.0 Å². The van der Waals surface area contributed by atoms with Crippen molar-refractivity contribution in [3.05, 3.63) is 96.7 Å². The Morgan fingerprint density at radius 2 is 1.16 bits per heavy atom. The second-order valence-corrected chi connectivity index (χ2v) is 15.3. The number of amides is 2. The molecule has 0 radical (unpaired) electrons. The van der Waals surface area contributed by atoms with Gasteiger partial charge in [-0.25, -0.2) is 9.59 Å². The number of halogens is 6. The summed E-state index contributed by atoms with van der Waals surface area (Å²) < 4.78 is 90.4. The molecule has 2 aromatic heterocycles. The van der Waals surface area contributed by atoms with Crippen LogP contribution in [0.5, 0.6) is 0 Å². The van der Waals surface area contributed by atoms with Gasteiger partial charge in [0.15, 0.2) is 0 Å². The molecule has 0 spiro atoms. The molecule has 0 unspecified atom stereocenters. The molecule has 8 nitrogen and oxygen atoms in total. The van der Waals surface area contributed by atoms with Gasteiger partial charge in [-0.3, -0.25) is 9.97 Å². The van der Waals surface area contributed by atoms with E-state index in [0.717, 1.165) is 23.3 Å². The van der Waals surface area contributed by atoms with E-state index in [1.807, 2.05) is 26.8 Å². The molecule has 4 aromatic rings. The molecule has 0 N–H and O–H groups in total. The van der Waals surface area contributed by atoms with Gasteiger partial charge in [0, 0.05) is 75.3 Å².